The van der Waals surface area contributed by atoms with Crippen molar-refractivity contribution in [3.63, 3.8) is 0 Å². The van der Waals surface area contributed by atoms with E-state index in [1.807, 2.05) is 6.92 Å². The van der Waals surface area contributed by atoms with Crippen molar-refractivity contribution in [2.24, 2.45) is 11.7 Å². The number of carbonyl (C=O) groups is 1. The first-order valence-electron chi connectivity index (χ1n) is 9.80. The highest BCUT2D eigenvalue weighted by Gasteiger charge is 2.38. The van der Waals surface area contributed by atoms with Crippen molar-refractivity contribution in [1.29, 1.82) is 5.26 Å². The van der Waals surface area contributed by atoms with Crippen LogP contribution in [-0.2, 0) is 4.79 Å². The largest absolute Gasteiger partial charge is 0.496 e. The maximum absolute atomic E-state index is 12.5. The lowest BCUT2D eigenvalue weighted by molar-refractivity contribution is -0.114. The van der Waals surface area contributed by atoms with Crippen LogP contribution < -0.4 is 20.5 Å². The highest BCUT2D eigenvalue weighted by atomic mass is 16.5. The van der Waals surface area contributed by atoms with Crippen LogP contribution in [0.5, 0.6) is 11.6 Å². The van der Waals surface area contributed by atoms with Crippen LogP contribution in [0.2, 0.25) is 0 Å². The molecule has 1 aromatic carbocycles. The fourth-order valence-corrected chi connectivity index (χ4v) is 3.81. The first kappa shape index (κ1) is 19.7. The van der Waals surface area contributed by atoms with E-state index in [9.17, 15) is 10.1 Å². The lowest BCUT2D eigenvalue weighted by Crippen LogP contribution is -2.29. The van der Waals surface area contributed by atoms with Crippen molar-refractivity contribution < 1.29 is 14.3 Å². The molecular weight excluding hydrogens is 382 g/mol. The summed E-state index contributed by atoms with van der Waals surface area (Å²) in [4.78, 5) is 12.5. The van der Waals surface area contributed by atoms with Crippen LogP contribution in [-0.4, -0.2) is 29.8 Å². The van der Waals surface area contributed by atoms with Gasteiger partial charge >= 0.3 is 0 Å². The van der Waals surface area contributed by atoms with Crippen LogP contribution in [0.15, 0.2) is 29.5 Å². The molecule has 1 aliphatic carbocycles. The van der Waals surface area contributed by atoms with Gasteiger partial charge in [-0.15, -0.1) is 5.10 Å². The van der Waals surface area contributed by atoms with E-state index in [1.165, 1.54) is 7.11 Å². The molecule has 1 aliphatic heterocycles. The zero-order chi connectivity index (χ0) is 21.4. The summed E-state index contributed by atoms with van der Waals surface area (Å²) in [6.45, 7) is 4.20. The zero-order valence-electron chi connectivity index (χ0n) is 17.2. The van der Waals surface area contributed by atoms with E-state index in [2.05, 4.69) is 21.6 Å². The Labute approximate surface area is 174 Å². The van der Waals surface area contributed by atoms with Crippen LogP contribution in [0.3, 0.4) is 0 Å². The Kier molecular flexibility index (Phi) is 5.04. The van der Waals surface area contributed by atoms with Crippen molar-refractivity contribution in [3.05, 3.63) is 51.9 Å². The second kappa shape index (κ2) is 7.67. The molecule has 1 aromatic heterocycles. The number of carbonyl (C=O) groups excluding carboxylic acids is 1. The smallest absolute Gasteiger partial charge is 0.247 e. The minimum absolute atomic E-state index is 0.373. The highest BCUT2D eigenvalue weighted by molar-refractivity contribution is 5.98. The summed E-state index contributed by atoms with van der Waals surface area (Å²) in [6.07, 6.45) is 2.27. The molecular formula is C22H23N5O3. The van der Waals surface area contributed by atoms with Gasteiger partial charge in [-0.1, -0.05) is 6.07 Å². The number of rotatable bonds is 6. The van der Waals surface area contributed by atoms with Gasteiger partial charge in [0.1, 0.15) is 5.75 Å². The Morgan fingerprint density at radius 3 is 2.73 bits per heavy atom. The third-order valence-corrected chi connectivity index (χ3v) is 5.54. The zero-order valence-corrected chi connectivity index (χ0v) is 17.2. The third-order valence-electron chi connectivity index (χ3n) is 5.54. The van der Waals surface area contributed by atoms with Crippen LogP contribution in [0.1, 0.15) is 48.1 Å². The van der Waals surface area contributed by atoms with Gasteiger partial charge in [-0.3, -0.25) is 4.79 Å². The van der Waals surface area contributed by atoms with Gasteiger partial charge < -0.3 is 20.5 Å². The van der Waals surface area contributed by atoms with E-state index >= 15 is 0 Å². The molecule has 1 unspecified atom stereocenters. The van der Waals surface area contributed by atoms with E-state index in [0.717, 1.165) is 18.5 Å². The summed E-state index contributed by atoms with van der Waals surface area (Å²) < 4.78 is 11.6. The van der Waals surface area contributed by atoms with E-state index in [4.69, 9.17) is 15.2 Å². The first-order valence-corrected chi connectivity index (χ1v) is 9.80. The van der Waals surface area contributed by atoms with Crippen molar-refractivity contribution in [2.45, 2.75) is 32.6 Å². The average molecular weight is 405 g/mol. The second-order valence-corrected chi connectivity index (χ2v) is 7.66. The normalized spacial score (nSPS) is 17.6. The van der Waals surface area contributed by atoms with Crippen LogP contribution in [0, 0.1) is 24.2 Å². The van der Waals surface area contributed by atoms with Gasteiger partial charge in [0.25, 0.3) is 0 Å². The molecule has 0 saturated heterocycles. The van der Waals surface area contributed by atoms with Gasteiger partial charge in [0.15, 0.2) is 0 Å². The maximum atomic E-state index is 12.5. The number of aromatic nitrogens is 2. The molecule has 3 N–H and O–H groups in total. The summed E-state index contributed by atoms with van der Waals surface area (Å²) in [7, 11) is 1.53. The molecule has 2 aliphatic rings. The standard InChI is InChI=1S/C22H23N5O3/c1-11-17(21(24)28)18(15-7-6-14(9-23)8-16(15)29-3)19-20(25-11)12(2)26-27-22(19)30-10-13-4-5-13/h6-8,13,18,25H,4-5,10H2,1-3H3,(H2,24,28). The van der Waals surface area contributed by atoms with Crippen molar-refractivity contribution >= 4 is 11.6 Å². The minimum atomic E-state index is -0.565. The molecule has 1 atom stereocenters. The fourth-order valence-electron chi connectivity index (χ4n) is 3.81. The van der Waals surface area contributed by atoms with Crippen molar-refractivity contribution in [2.75, 3.05) is 19.0 Å². The fraction of sp³-hybridized carbons (Fsp3) is 0.364. The maximum Gasteiger partial charge on any atom is 0.247 e. The van der Waals surface area contributed by atoms with Crippen molar-refractivity contribution in [3.8, 4) is 17.7 Å². The lowest BCUT2D eigenvalue weighted by atomic mass is 9.80. The Hall–Kier alpha value is -3.60. The van der Waals surface area contributed by atoms with Gasteiger partial charge in [0.2, 0.25) is 11.8 Å². The Morgan fingerprint density at radius 2 is 2.10 bits per heavy atom. The number of methoxy groups -OCH3 is 1. The number of nitriles is 1. The Balaban J connectivity index is 1.95. The highest BCUT2D eigenvalue weighted by Crippen LogP contribution is 2.48. The predicted octanol–water partition coefficient (Wildman–Crippen LogP) is 2.77. The second-order valence-electron chi connectivity index (χ2n) is 7.66. The average Bonchev–Trinajstić information content (AvgIpc) is 3.56. The van der Waals surface area contributed by atoms with Gasteiger partial charge in [-0.2, -0.15) is 10.4 Å². The molecule has 0 bridgehead atoms. The molecule has 8 nitrogen and oxygen atoms in total. The molecule has 154 valence electrons. The van der Waals surface area contributed by atoms with Gasteiger partial charge in [-0.25, -0.2) is 0 Å². The number of primary amides is 1. The number of nitrogens with one attached hydrogen (secondary N) is 1. The number of benzene rings is 1. The lowest BCUT2D eigenvalue weighted by Gasteiger charge is -2.32. The molecule has 2 aromatic rings. The number of amides is 1. The SMILES string of the molecule is COc1cc(C#N)ccc1C1C(C(N)=O)=C(C)Nc2c(C)nnc(OCC3CC3)c21. The summed E-state index contributed by atoms with van der Waals surface area (Å²) in [5, 5.41) is 21.1. The van der Waals surface area contributed by atoms with E-state index < -0.39 is 11.8 Å². The molecule has 8 heteroatoms. The number of hydrogen-bond acceptors (Lipinski definition) is 7. The number of anilines is 1. The molecule has 2 heterocycles. The molecule has 30 heavy (non-hydrogen) atoms. The third kappa shape index (κ3) is 3.43. The molecule has 1 fully saturated rings. The van der Waals surface area contributed by atoms with Gasteiger partial charge in [0, 0.05) is 16.8 Å². The number of nitrogens with two attached hydrogens (primary N) is 1. The van der Waals surface area contributed by atoms with Crippen LogP contribution in [0.4, 0.5) is 5.69 Å². The van der Waals surface area contributed by atoms with Gasteiger partial charge in [-0.05, 0) is 44.7 Å². The van der Waals surface area contributed by atoms with Crippen LogP contribution in [0.25, 0.3) is 0 Å². The topological polar surface area (TPSA) is 123 Å². The number of hydrogen-bond donors (Lipinski definition) is 2. The van der Waals surface area contributed by atoms with E-state index in [1.54, 1.807) is 25.1 Å². The summed E-state index contributed by atoms with van der Waals surface area (Å²) in [5.74, 6) is 0.268. The van der Waals surface area contributed by atoms with Crippen molar-refractivity contribution in [1.82, 2.24) is 10.2 Å². The van der Waals surface area contributed by atoms with Crippen LogP contribution >= 0.6 is 0 Å². The molecule has 0 spiro atoms. The number of nitrogens with zero attached hydrogens (tertiary/aromatic N) is 3. The minimum Gasteiger partial charge on any atom is -0.496 e. The molecule has 4 rings (SSSR count). The predicted molar refractivity (Wildman–Crippen MR) is 110 cm³/mol. The number of fused-ring (bicyclic) bond motifs is 1. The summed E-state index contributed by atoms with van der Waals surface area (Å²) in [6, 6.07) is 7.24. The number of ether oxygens (including phenoxy) is 2. The number of aryl methyl sites for hydroxylation is 1. The summed E-state index contributed by atoms with van der Waals surface area (Å²) in [5.41, 5.74) is 10.1. The molecule has 0 radical (unpaired) electrons. The molecule has 1 amide bonds. The Bertz CT molecular complexity index is 1100. The first-order chi connectivity index (χ1) is 14.4. The quantitative estimate of drug-likeness (QED) is 0.757. The van der Waals surface area contributed by atoms with Gasteiger partial charge in [0.05, 0.1) is 48.2 Å². The van der Waals surface area contributed by atoms with E-state index in [-0.39, 0.29) is 0 Å². The molecule has 1 saturated carbocycles. The summed E-state index contributed by atoms with van der Waals surface area (Å²) >= 11 is 0. The van der Waals surface area contributed by atoms with E-state index in [0.29, 0.717) is 57.8 Å². The Morgan fingerprint density at radius 1 is 1.33 bits per heavy atom. The number of allylic oxidation sites excluding steroid dienone is 1. The monoisotopic (exact) mass is 405 g/mol.